The number of methoxy groups -OCH3 is 1. The van der Waals surface area contributed by atoms with E-state index in [4.69, 9.17) is 4.74 Å². The maximum atomic E-state index is 12.0. The lowest BCUT2D eigenvalue weighted by atomic mass is 10.1. The van der Waals surface area contributed by atoms with Gasteiger partial charge in [-0.2, -0.15) is 0 Å². The van der Waals surface area contributed by atoms with E-state index in [0.29, 0.717) is 19.6 Å². The van der Waals surface area contributed by atoms with Crippen LogP contribution in [0.1, 0.15) is 10.4 Å². The number of aliphatic hydroxyl groups excluding tert-OH is 1. The molecular formula is C13H18ClN3O5. The van der Waals surface area contributed by atoms with Gasteiger partial charge in [-0.1, -0.05) is 0 Å². The van der Waals surface area contributed by atoms with Crippen LogP contribution in [0, 0.1) is 16.0 Å². The van der Waals surface area contributed by atoms with E-state index in [2.05, 4.69) is 10.6 Å². The van der Waals surface area contributed by atoms with Crippen LogP contribution >= 0.6 is 12.4 Å². The Morgan fingerprint density at radius 1 is 1.55 bits per heavy atom. The summed E-state index contributed by atoms with van der Waals surface area (Å²) in [5.41, 5.74) is 0.0855. The van der Waals surface area contributed by atoms with Gasteiger partial charge >= 0.3 is 5.69 Å². The highest BCUT2D eigenvalue weighted by atomic mass is 35.5. The molecule has 2 atom stereocenters. The van der Waals surface area contributed by atoms with Gasteiger partial charge < -0.3 is 20.5 Å². The normalized spacial score (nSPS) is 20.1. The first-order valence-corrected chi connectivity index (χ1v) is 6.52. The fourth-order valence-electron chi connectivity index (χ4n) is 2.22. The van der Waals surface area contributed by atoms with Crippen molar-refractivity contribution in [1.29, 1.82) is 0 Å². The Bertz CT molecular complexity index is 554. The number of nitrogens with one attached hydrogen (secondary N) is 2. The van der Waals surface area contributed by atoms with Crippen LogP contribution in [0.3, 0.4) is 0 Å². The number of nitro groups is 1. The largest absolute Gasteiger partial charge is 0.490 e. The van der Waals surface area contributed by atoms with Gasteiger partial charge in [0.25, 0.3) is 5.91 Å². The second-order valence-electron chi connectivity index (χ2n) is 4.84. The van der Waals surface area contributed by atoms with Crippen molar-refractivity contribution < 1.29 is 19.6 Å². The molecule has 0 aliphatic carbocycles. The predicted octanol–water partition coefficient (Wildman–Crippen LogP) is 0.335. The second-order valence-corrected chi connectivity index (χ2v) is 4.84. The minimum absolute atomic E-state index is 0. The minimum Gasteiger partial charge on any atom is -0.490 e. The average molecular weight is 332 g/mol. The first-order chi connectivity index (χ1) is 10.0. The zero-order valence-corrected chi connectivity index (χ0v) is 12.8. The third kappa shape index (κ3) is 4.06. The van der Waals surface area contributed by atoms with Gasteiger partial charge in [0.05, 0.1) is 18.1 Å². The summed E-state index contributed by atoms with van der Waals surface area (Å²) in [4.78, 5) is 22.2. The smallest absolute Gasteiger partial charge is 0.310 e. The molecule has 1 saturated heterocycles. The Kier molecular flexibility index (Phi) is 6.54. The molecule has 1 fully saturated rings. The Labute approximate surface area is 133 Å². The molecule has 22 heavy (non-hydrogen) atoms. The fraction of sp³-hybridized carbons (Fsp3) is 0.462. The molecular weight excluding hydrogens is 314 g/mol. The Morgan fingerprint density at radius 3 is 2.82 bits per heavy atom. The van der Waals surface area contributed by atoms with Crippen molar-refractivity contribution in [2.45, 2.75) is 6.10 Å². The van der Waals surface area contributed by atoms with Gasteiger partial charge in [0, 0.05) is 43.2 Å². The number of aliphatic hydroxyl groups is 1. The molecule has 0 saturated carbocycles. The van der Waals surface area contributed by atoms with Crippen LogP contribution in [0.15, 0.2) is 18.2 Å². The molecule has 122 valence electrons. The zero-order chi connectivity index (χ0) is 15.4. The van der Waals surface area contributed by atoms with E-state index < -0.39 is 11.0 Å². The van der Waals surface area contributed by atoms with E-state index in [9.17, 15) is 20.0 Å². The van der Waals surface area contributed by atoms with E-state index >= 15 is 0 Å². The summed E-state index contributed by atoms with van der Waals surface area (Å²) in [6.07, 6.45) is -0.475. The molecule has 1 aromatic rings. The third-order valence-electron chi connectivity index (χ3n) is 3.47. The molecule has 1 aliphatic rings. The van der Waals surface area contributed by atoms with Crippen LogP contribution in [0.4, 0.5) is 5.69 Å². The molecule has 0 aromatic heterocycles. The van der Waals surface area contributed by atoms with Crippen molar-refractivity contribution >= 4 is 24.0 Å². The summed E-state index contributed by atoms with van der Waals surface area (Å²) in [5, 5.41) is 26.2. The van der Waals surface area contributed by atoms with Crippen molar-refractivity contribution in [3.8, 4) is 5.75 Å². The van der Waals surface area contributed by atoms with E-state index in [0.717, 1.165) is 0 Å². The minimum atomic E-state index is -0.568. The van der Waals surface area contributed by atoms with Gasteiger partial charge in [-0.05, 0) is 6.07 Å². The molecule has 2 rings (SSSR count). The van der Waals surface area contributed by atoms with Gasteiger partial charge in [-0.25, -0.2) is 0 Å². The number of benzene rings is 1. The number of nitrogens with zero attached hydrogens (tertiary/aromatic N) is 1. The number of carbonyl (C=O) groups excluding carboxylic acids is 1. The molecule has 0 radical (unpaired) electrons. The Hall–Kier alpha value is -1.90. The number of nitro benzene ring substituents is 1. The van der Waals surface area contributed by atoms with Gasteiger partial charge in [0.15, 0.2) is 5.75 Å². The highest BCUT2D eigenvalue weighted by Gasteiger charge is 2.25. The highest BCUT2D eigenvalue weighted by molar-refractivity contribution is 5.95. The SMILES string of the molecule is COc1cc(C(=O)NCC2CNCC2O)ccc1[N+](=O)[O-].Cl. The molecule has 3 N–H and O–H groups in total. The summed E-state index contributed by atoms with van der Waals surface area (Å²) < 4.78 is 4.92. The number of halogens is 1. The van der Waals surface area contributed by atoms with Crippen LogP contribution in [0.2, 0.25) is 0 Å². The van der Waals surface area contributed by atoms with Gasteiger partial charge in [0.1, 0.15) is 0 Å². The van der Waals surface area contributed by atoms with E-state index in [1.54, 1.807) is 0 Å². The number of rotatable bonds is 5. The van der Waals surface area contributed by atoms with E-state index in [-0.39, 0.29) is 41.2 Å². The number of β-amino-alcohol motifs (C(OH)–C–C–N with tert-alkyl or cyclic N) is 1. The van der Waals surface area contributed by atoms with Gasteiger partial charge in [-0.15, -0.1) is 12.4 Å². The number of hydrogen-bond donors (Lipinski definition) is 3. The van der Waals surface area contributed by atoms with Crippen molar-refractivity contribution in [2.24, 2.45) is 5.92 Å². The molecule has 2 unspecified atom stereocenters. The number of ether oxygens (including phenoxy) is 1. The molecule has 1 heterocycles. The lowest BCUT2D eigenvalue weighted by Crippen LogP contribution is -2.34. The Balaban J connectivity index is 0.00000242. The van der Waals surface area contributed by atoms with Crippen LogP contribution < -0.4 is 15.4 Å². The van der Waals surface area contributed by atoms with Gasteiger partial charge in [-0.3, -0.25) is 14.9 Å². The lowest BCUT2D eigenvalue weighted by molar-refractivity contribution is -0.385. The first kappa shape index (κ1) is 18.1. The summed E-state index contributed by atoms with van der Waals surface area (Å²) in [5.74, 6) is -0.355. The fourth-order valence-corrected chi connectivity index (χ4v) is 2.22. The highest BCUT2D eigenvalue weighted by Crippen LogP contribution is 2.27. The van der Waals surface area contributed by atoms with Gasteiger partial charge in [0.2, 0.25) is 0 Å². The Morgan fingerprint density at radius 2 is 2.27 bits per heavy atom. The van der Waals surface area contributed by atoms with Crippen molar-refractivity contribution in [3.63, 3.8) is 0 Å². The maximum Gasteiger partial charge on any atom is 0.310 e. The maximum absolute atomic E-state index is 12.0. The lowest BCUT2D eigenvalue weighted by Gasteiger charge is -2.14. The van der Waals surface area contributed by atoms with E-state index in [1.807, 2.05) is 0 Å². The molecule has 9 heteroatoms. The number of hydrogen-bond acceptors (Lipinski definition) is 6. The summed E-state index contributed by atoms with van der Waals surface area (Å²) >= 11 is 0. The van der Waals surface area contributed by atoms with E-state index in [1.165, 1.54) is 25.3 Å². The first-order valence-electron chi connectivity index (χ1n) is 6.52. The van der Waals surface area contributed by atoms with Crippen molar-refractivity contribution in [1.82, 2.24) is 10.6 Å². The predicted molar refractivity (Wildman–Crippen MR) is 81.6 cm³/mol. The zero-order valence-electron chi connectivity index (χ0n) is 11.9. The summed E-state index contributed by atoms with van der Waals surface area (Å²) in [7, 11) is 1.31. The monoisotopic (exact) mass is 331 g/mol. The average Bonchev–Trinajstić information content (AvgIpc) is 2.89. The molecule has 0 bridgehead atoms. The van der Waals surface area contributed by atoms with Crippen LogP contribution in [0.25, 0.3) is 0 Å². The van der Waals surface area contributed by atoms with Crippen LogP contribution in [-0.4, -0.2) is 48.8 Å². The molecule has 0 spiro atoms. The third-order valence-corrected chi connectivity index (χ3v) is 3.47. The van der Waals surface area contributed by atoms with Crippen molar-refractivity contribution in [3.05, 3.63) is 33.9 Å². The molecule has 1 aromatic carbocycles. The van der Waals surface area contributed by atoms with Crippen LogP contribution in [0.5, 0.6) is 5.75 Å². The molecule has 1 aliphatic heterocycles. The number of amides is 1. The van der Waals surface area contributed by atoms with Crippen LogP contribution in [-0.2, 0) is 0 Å². The topological polar surface area (TPSA) is 114 Å². The molecule has 8 nitrogen and oxygen atoms in total. The standard InChI is InChI=1S/C13H17N3O5.ClH/c1-21-12-4-8(2-3-10(12)16(19)20)13(18)15-6-9-5-14-7-11(9)17;/h2-4,9,11,14,17H,5-7H2,1H3,(H,15,18);1H. The molecule has 1 amide bonds. The van der Waals surface area contributed by atoms with Crippen molar-refractivity contribution in [2.75, 3.05) is 26.7 Å². The summed E-state index contributed by atoms with van der Waals surface area (Å²) in [6, 6.07) is 3.94. The quantitative estimate of drug-likeness (QED) is 0.529. The second kappa shape index (κ2) is 7.92. The number of carbonyl (C=O) groups is 1. The summed E-state index contributed by atoms with van der Waals surface area (Å²) in [6.45, 7) is 1.50.